The minimum Gasteiger partial charge on any atom is -0.303 e. The fourth-order valence-corrected chi connectivity index (χ4v) is 3.48. The molecule has 1 aliphatic rings. The fourth-order valence-electron chi connectivity index (χ4n) is 3.18. The molecule has 4 nitrogen and oxygen atoms in total. The van der Waals surface area contributed by atoms with Crippen LogP contribution in [-0.4, -0.2) is 23.7 Å². The summed E-state index contributed by atoms with van der Waals surface area (Å²) in [6.45, 7) is 0.388. The molecule has 1 aliphatic heterocycles. The van der Waals surface area contributed by atoms with Gasteiger partial charge in [0.1, 0.15) is 12.1 Å². The van der Waals surface area contributed by atoms with Crippen LogP contribution >= 0.6 is 23.2 Å². The summed E-state index contributed by atoms with van der Waals surface area (Å²) in [7, 11) is 0. The Labute approximate surface area is 150 Å². The number of hydrogen-bond donors (Lipinski definition) is 0. The van der Waals surface area contributed by atoms with E-state index in [-0.39, 0.29) is 5.91 Å². The molecule has 0 saturated carbocycles. The van der Waals surface area contributed by atoms with Crippen molar-refractivity contribution >= 4 is 41.2 Å². The molecular formula is C18H16Cl2N2O2. The van der Waals surface area contributed by atoms with Gasteiger partial charge >= 0.3 is 0 Å². The van der Waals surface area contributed by atoms with Crippen molar-refractivity contribution in [2.45, 2.75) is 24.7 Å². The lowest BCUT2D eigenvalue weighted by atomic mass is 9.72. The quantitative estimate of drug-likeness (QED) is 0.771. The molecule has 0 aliphatic carbocycles. The molecule has 124 valence electrons. The highest BCUT2D eigenvalue weighted by molar-refractivity contribution is 6.42. The van der Waals surface area contributed by atoms with Crippen LogP contribution in [0, 0.1) is 0 Å². The summed E-state index contributed by atoms with van der Waals surface area (Å²) in [6.07, 6.45) is 3.80. The minimum absolute atomic E-state index is 0.00952. The van der Waals surface area contributed by atoms with Gasteiger partial charge in [-0.2, -0.15) is 0 Å². The average Bonchev–Trinajstić information content (AvgIpc) is 2.60. The van der Waals surface area contributed by atoms with Crippen molar-refractivity contribution in [3.63, 3.8) is 0 Å². The Hall–Kier alpha value is -1.91. The van der Waals surface area contributed by atoms with Crippen LogP contribution in [0.25, 0.3) is 0 Å². The van der Waals surface area contributed by atoms with Gasteiger partial charge in [-0.15, -0.1) is 0 Å². The Bertz CT molecular complexity index is 767. The molecule has 2 aromatic rings. The number of carbonyl (C=O) groups excluding carboxylic acids is 2. The van der Waals surface area contributed by atoms with Crippen molar-refractivity contribution in [3.05, 3.63) is 58.2 Å². The number of piperidine rings is 1. The van der Waals surface area contributed by atoms with Gasteiger partial charge in [-0.05, 0) is 36.2 Å². The third-order valence-electron chi connectivity index (χ3n) is 4.51. The normalized spacial score (nSPS) is 20.9. The van der Waals surface area contributed by atoms with E-state index in [1.54, 1.807) is 35.4 Å². The van der Waals surface area contributed by atoms with Gasteiger partial charge in [0.15, 0.2) is 0 Å². The Balaban J connectivity index is 2.02. The number of benzene rings is 1. The highest BCUT2D eigenvalue weighted by Gasteiger charge is 2.41. The van der Waals surface area contributed by atoms with Gasteiger partial charge in [0.05, 0.1) is 10.0 Å². The Morgan fingerprint density at radius 2 is 2.04 bits per heavy atom. The van der Waals surface area contributed by atoms with E-state index in [0.29, 0.717) is 41.7 Å². The van der Waals surface area contributed by atoms with Crippen LogP contribution < -0.4 is 4.90 Å². The summed E-state index contributed by atoms with van der Waals surface area (Å²) in [4.78, 5) is 29.7. The van der Waals surface area contributed by atoms with Crippen molar-refractivity contribution in [2.75, 3.05) is 11.4 Å². The van der Waals surface area contributed by atoms with Crippen molar-refractivity contribution in [1.82, 2.24) is 4.98 Å². The van der Waals surface area contributed by atoms with Gasteiger partial charge < -0.3 is 4.79 Å². The average molecular weight is 363 g/mol. The molecule has 1 unspecified atom stereocenters. The third-order valence-corrected chi connectivity index (χ3v) is 5.25. The molecule has 0 bridgehead atoms. The molecule has 24 heavy (non-hydrogen) atoms. The number of halogens is 2. The van der Waals surface area contributed by atoms with Gasteiger partial charge in [-0.1, -0.05) is 35.3 Å². The largest absolute Gasteiger partial charge is 0.303 e. The second-order valence-electron chi connectivity index (χ2n) is 5.95. The number of carbonyl (C=O) groups is 2. The summed E-state index contributed by atoms with van der Waals surface area (Å²) in [5.41, 5.74) is 0.430. The first-order valence-corrected chi connectivity index (χ1v) is 8.42. The molecule has 0 spiro atoms. The Morgan fingerprint density at radius 3 is 2.71 bits per heavy atom. The van der Waals surface area contributed by atoms with Gasteiger partial charge in [0.25, 0.3) is 0 Å². The summed E-state index contributed by atoms with van der Waals surface area (Å²) in [5.74, 6) is 0.604. The van der Waals surface area contributed by atoms with Crippen molar-refractivity contribution in [2.24, 2.45) is 0 Å². The molecule has 1 amide bonds. The van der Waals surface area contributed by atoms with Crippen molar-refractivity contribution in [1.29, 1.82) is 0 Å². The standard InChI is InChI=1S/C18H16Cl2N2O2/c19-14-5-4-13(11-15(14)20)18(8-10-23)7-6-17(24)22(12-18)16-3-1-2-9-21-16/h1-5,9-11H,6-8,12H2. The number of amides is 1. The van der Waals surface area contributed by atoms with Crippen LogP contribution in [0.15, 0.2) is 42.6 Å². The maximum atomic E-state index is 12.4. The molecule has 0 radical (unpaired) electrons. The molecular weight excluding hydrogens is 347 g/mol. The third kappa shape index (κ3) is 3.17. The SMILES string of the molecule is O=CCC1(c2ccc(Cl)c(Cl)c2)CCC(=O)N(c2ccccn2)C1. The first kappa shape index (κ1) is 16.9. The van der Waals surface area contributed by atoms with Crippen LogP contribution in [-0.2, 0) is 15.0 Å². The van der Waals surface area contributed by atoms with E-state index in [9.17, 15) is 9.59 Å². The van der Waals surface area contributed by atoms with Crippen LogP contribution in [0.5, 0.6) is 0 Å². The van der Waals surface area contributed by atoms with Crippen LogP contribution in [0.2, 0.25) is 10.0 Å². The van der Waals surface area contributed by atoms with E-state index in [1.807, 2.05) is 12.1 Å². The van der Waals surface area contributed by atoms with E-state index in [4.69, 9.17) is 23.2 Å². The monoisotopic (exact) mass is 362 g/mol. The molecule has 2 heterocycles. The zero-order valence-electron chi connectivity index (χ0n) is 12.9. The summed E-state index contributed by atoms with van der Waals surface area (Å²) >= 11 is 12.2. The Kier molecular flexibility index (Phi) is 4.88. The zero-order valence-corrected chi connectivity index (χ0v) is 14.4. The number of anilines is 1. The maximum absolute atomic E-state index is 12.4. The van der Waals surface area contributed by atoms with Crippen molar-refractivity contribution in [3.8, 4) is 0 Å². The van der Waals surface area contributed by atoms with E-state index < -0.39 is 5.41 Å². The van der Waals surface area contributed by atoms with Gasteiger partial charge in [0.2, 0.25) is 5.91 Å². The highest BCUT2D eigenvalue weighted by atomic mass is 35.5. The zero-order chi connectivity index (χ0) is 17.2. The van der Waals surface area contributed by atoms with Crippen molar-refractivity contribution < 1.29 is 9.59 Å². The number of hydrogen-bond acceptors (Lipinski definition) is 3. The number of aldehydes is 1. The molecule has 1 saturated heterocycles. The van der Waals surface area contributed by atoms with Gasteiger partial charge in [-0.3, -0.25) is 9.69 Å². The predicted molar refractivity (Wildman–Crippen MR) is 94.6 cm³/mol. The van der Waals surface area contributed by atoms with Gasteiger partial charge in [0, 0.05) is 31.0 Å². The predicted octanol–water partition coefficient (Wildman–Crippen LogP) is 4.04. The lowest BCUT2D eigenvalue weighted by molar-refractivity contribution is -0.121. The lowest BCUT2D eigenvalue weighted by Gasteiger charge is -2.41. The number of pyridine rings is 1. The topological polar surface area (TPSA) is 50.3 Å². The number of rotatable bonds is 4. The van der Waals surface area contributed by atoms with E-state index in [1.165, 1.54) is 0 Å². The van der Waals surface area contributed by atoms with Crippen LogP contribution in [0.1, 0.15) is 24.8 Å². The molecule has 1 aromatic heterocycles. The number of aromatic nitrogens is 1. The van der Waals surface area contributed by atoms with E-state index in [0.717, 1.165) is 11.8 Å². The molecule has 1 aromatic carbocycles. The van der Waals surface area contributed by atoms with Crippen LogP contribution in [0.4, 0.5) is 5.82 Å². The molecule has 0 N–H and O–H groups in total. The highest BCUT2D eigenvalue weighted by Crippen LogP contribution is 2.40. The summed E-state index contributed by atoms with van der Waals surface area (Å²) in [5, 5.41) is 0.913. The minimum atomic E-state index is -0.485. The smallest absolute Gasteiger partial charge is 0.228 e. The molecule has 6 heteroatoms. The van der Waals surface area contributed by atoms with E-state index in [2.05, 4.69) is 4.98 Å². The summed E-state index contributed by atoms with van der Waals surface area (Å²) < 4.78 is 0. The molecule has 3 rings (SSSR count). The fraction of sp³-hybridized carbons (Fsp3) is 0.278. The molecule has 1 fully saturated rings. The van der Waals surface area contributed by atoms with Crippen LogP contribution in [0.3, 0.4) is 0 Å². The first-order valence-electron chi connectivity index (χ1n) is 7.66. The Morgan fingerprint density at radius 1 is 1.21 bits per heavy atom. The first-order chi connectivity index (χ1) is 11.6. The second kappa shape index (κ2) is 6.91. The molecule has 1 atom stereocenters. The van der Waals surface area contributed by atoms with E-state index >= 15 is 0 Å². The second-order valence-corrected chi connectivity index (χ2v) is 6.76. The van der Waals surface area contributed by atoms with Gasteiger partial charge in [-0.25, -0.2) is 4.98 Å². The number of nitrogens with zero attached hydrogens (tertiary/aromatic N) is 2. The lowest BCUT2D eigenvalue weighted by Crippen LogP contribution is -2.49. The summed E-state index contributed by atoms with van der Waals surface area (Å²) in [6, 6.07) is 10.8. The maximum Gasteiger partial charge on any atom is 0.228 e.